The number of carbonyl (C=O) groups is 1. The first-order valence-electron chi connectivity index (χ1n) is 5.13. The van der Waals surface area contributed by atoms with Crippen molar-refractivity contribution >= 4 is 5.97 Å². The highest BCUT2D eigenvalue weighted by Crippen LogP contribution is 2.17. The maximum atomic E-state index is 11.5. The van der Waals surface area contributed by atoms with E-state index in [2.05, 4.69) is 0 Å². The fourth-order valence-corrected chi connectivity index (χ4v) is 1.13. The molecule has 0 bridgehead atoms. The quantitative estimate of drug-likeness (QED) is 0.695. The predicted octanol–water partition coefficient (Wildman–Crippen LogP) is 3.08. The van der Waals surface area contributed by atoms with E-state index in [1.165, 1.54) is 0 Å². The van der Waals surface area contributed by atoms with E-state index < -0.39 is 5.41 Å². The van der Waals surface area contributed by atoms with Gasteiger partial charge in [-0.2, -0.15) is 0 Å². The van der Waals surface area contributed by atoms with Gasteiger partial charge < -0.3 is 4.74 Å². The number of aryl methyl sites for hydroxylation is 1. The average Bonchev–Trinajstić information content (AvgIpc) is 2.14. The lowest BCUT2D eigenvalue weighted by Crippen LogP contribution is -2.22. The number of esters is 1. The molecule has 0 atom stereocenters. The van der Waals surface area contributed by atoms with E-state index in [9.17, 15) is 4.79 Å². The highest BCUT2D eigenvalue weighted by Gasteiger charge is 2.22. The van der Waals surface area contributed by atoms with Crippen molar-refractivity contribution in [1.29, 1.82) is 0 Å². The Hall–Kier alpha value is -1.31. The molecule has 1 aromatic rings. The molecule has 0 spiro atoms. The van der Waals surface area contributed by atoms with Crippen LogP contribution < -0.4 is 0 Å². The Morgan fingerprint density at radius 1 is 1.27 bits per heavy atom. The maximum Gasteiger partial charge on any atom is 0.311 e. The highest BCUT2D eigenvalue weighted by atomic mass is 16.5. The third-order valence-corrected chi connectivity index (χ3v) is 2.23. The molecule has 0 aliphatic carbocycles. The summed E-state index contributed by atoms with van der Waals surface area (Å²) in [6, 6.07) is 7.92. The first-order chi connectivity index (χ1) is 6.91. The zero-order valence-corrected chi connectivity index (χ0v) is 9.83. The van der Waals surface area contributed by atoms with Crippen LogP contribution in [-0.4, -0.2) is 5.97 Å². The summed E-state index contributed by atoms with van der Waals surface area (Å²) in [6.07, 6.45) is 0. The van der Waals surface area contributed by atoms with Crippen LogP contribution in [0.15, 0.2) is 24.3 Å². The van der Waals surface area contributed by atoms with E-state index in [1.54, 1.807) is 0 Å². The van der Waals surface area contributed by atoms with Crippen molar-refractivity contribution in [3.8, 4) is 0 Å². The number of rotatable bonds is 2. The zero-order valence-electron chi connectivity index (χ0n) is 9.83. The molecule has 0 radical (unpaired) electrons. The fourth-order valence-electron chi connectivity index (χ4n) is 1.13. The number of hydrogen-bond donors (Lipinski definition) is 0. The lowest BCUT2D eigenvalue weighted by atomic mass is 9.97. The molecule has 2 nitrogen and oxygen atoms in total. The number of hydrogen-bond acceptors (Lipinski definition) is 2. The van der Waals surface area contributed by atoms with Gasteiger partial charge in [-0.05, 0) is 38.8 Å². The lowest BCUT2D eigenvalue weighted by molar-refractivity contribution is -0.154. The first kappa shape index (κ1) is 11.8. The minimum absolute atomic E-state index is 0.161. The Bertz CT molecular complexity index is 348. The van der Waals surface area contributed by atoms with Crippen LogP contribution in [0.25, 0.3) is 0 Å². The summed E-state index contributed by atoms with van der Waals surface area (Å²) in [5, 5.41) is 0. The van der Waals surface area contributed by atoms with Gasteiger partial charge in [0.2, 0.25) is 0 Å². The van der Waals surface area contributed by atoms with Crippen molar-refractivity contribution in [3.05, 3.63) is 35.4 Å². The minimum Gasteiger partial charge on any atom is -0.460 e. The van der Waals surface area contributed by atoms with Crippen LogP contribution in [0.5, 0.6) is 0 Å². The van der Waals surface area contributed by atoms with Crippen molar-refractivity contribution in [3.63, 3.8) is 0 Å². The third-order valence-electron chi connectivity index (χ3n) is 2.23. The Morgan fingerprint density at radius 3 is 2.40 bits per heavy atom. The minimum atomic E-state index is -0.428. The standard InChI is InChI=1S/C13H18O2/c1-10-7-5-6-8-11(10)9-15-12(14)13(2,3)4/h5-8H,9H2,1-4H3. The molecule has 82 valence electrons. The second kappa shape index (κ2) is 4.47. The molecule has 0 aliphatic heterocycles. The van der Waals surface area contributed by atoms with E-state index in [4.69, 9.17) is 4.74 Å². The highest BCUT2D eigenvalue weighted by molar-refractivity contribution is 5.75. The summed E-state index contributed by atoms with van der Waals surface area (Å²) in [5.41, 5.74) is 1.79. The SMILES string of the molecule is Cc1ccccc1COC(=O)C(C)(C)C. The van der Waals surface area contributed by atoms with Gasteiger partial charge in [-0.1, -0.05) is 24.3 Å². The number of carbonyl (C=O) groups excluding carboxylic acids is 1. The van der Waals surface area contributed by atoms with Crippen molar-refractivity contribution < 1.29 is 9.53 Å². The molecule has 1 rings (SSSR count). The average molecular weight is 206 g/mol. The van der Waals surface area contributed by atoms with Crippen LogP contribution >= 0.6 is 0 Å². The lowest BCUT2D eigenvalue weighted by Gasteiger charge is -2.17. The van der Waals surface area contributed by atoms with Crippen molar-refractivity contribution in [2.45, 2.75) is 34.3 Å². The van der Waals surface area contributed by atoms with Gasteiger partial charge in [0, 0.05) is 0 Å². The van der Waals surface area contributed by atoms with E-state index in [0.717, 1.165) is 11.1 Å². The van der Waals surface area contributed by atoms with Gasteiger partial charge in [-0.15, -0.1) is 0 Å². The van der Waals surface area contributed by atoms with Crippen LogP contribution in [0.4, 0.5) is 0 Å². The van der Waals surface area contributed by atoms with E-state index in [-0.39, 0.29) is 5.97 Å². The van der Waals surface area contributed by atoms with Crippen molar-refractivity contribution in [2.24, 2.45) is 5.41 Å². The van der Waals surface area contributed by atoms with Crippen molar-refractivity contribution in [2.75, 3.05) is 0 Å². The van der Waals surface area contributed by atoms with Gasteiger partial charge in [-0.25, -0.2) is 0 Å². The van der Waals surface area contributed by atoms with Crippen molar-refractivity contribution in [1.82, 2.24) is 0 Å². The van der Waals surface area contributed by atoms with E-state index in [1.807, 2.05) is 52.0 Å². The maximum absolute atomic E-state index is 11.5. The molecule has 1 aromatic carbocycles. The van der Waals surface area contributed by atoms with Crippen LogP contribution in [0.1, 0.15) is 31.9 Å². The van der Waals surface area contributed by atoms with Gasteiger partial charge in [0.1, 0.15) is 6.61 Å². The number of benzene rings is 1. The predicted molar refractivity (Wildman–Crippen MR) is 60.4 cm³/mol. The molecule has 0 heterocycles. The second-order valence-electron chi connectivity index (χ2n) is 4.75. The summed E-state index contributed by atoms with van der Waals surface area (Å²) in [6.45, 7) is 7.94. The normalized spacial score (nSPS) is 11.2. The molecule has 0 N–H and O–H groups in total. The van der Waals surface area contributed by atoms with Crippen LogP contribution in [0.2, 0.25) is 0 Å². The Morgan fingerprint density at radius 2 is 1.87 bits per heavy atom. The molecule has 2 heteroatoms. The monoisotopic (exact) mass is 206 g/mol. The summed E-state index contributed by atoms with van der Waals surface area (Å²) in [4.78, 5) is 11.5. The summed E-state index contributed by atoms with van der Waals surface area (Å²) in [5.74, 6) is -0.161. The third kappa shape index (κ3) is 3.39. The molecule has 0 saturated carbocycles. The smallest absolute Gasteiger partial charge is 0.311 e. The Labute approximate surface area is 91.3 Å². The molecular formula is C13H18O2. The topological polar surface area (TPSA) is 26.3 Å². The molecule has 0 saturated heterocycles. The first-order valence-corrected chi connectivity index (χ1v) is 5.13. The second-order valence-corrected chi connectivity index (χ2v) is 4.75. The van der Waals surface area contributed by atoms with Gasteiger partial charge in [0.05, 0.1) is 5.41 Å². The largest absolute Gasteiger partial charge is 0.460 e. The molecule has 0 aromatic heterocycles. The summed E-state index contributed by atoms with van der Waals surface area (Å²) in [7, 11) is 0. The van der Waals surface area contributed by atoms with E-state index in [0.29, 0.717) is 6.61 Å². The molecular weight excluding hydrogens is 188 g/mol. The van der Waals surface area contributed by atoms with Gasteiger partial charge in [0.15, 0.2) is 0 Å². The zero-order chi connectivity index (χ0) is 11.5. The van der Waals surface area contributed by atoms with Crippen LogP contribution in [0.3, 0.4) is 0 Å². The van der Waals surface area contributed by atoms with Gasteiger partial charge in [0.25, 0.3) is 0 Å². The van der Waals surface area contributed by atoms with Gasteiger partial charge in [-0.3, -0.25) is 4.79 Å². The van der Waals surface area contributed by atoms with Gasteiger partial charge >= 0.3 is 5.97 Å². The summed E-state index contributed by atoms with van der Waals surface area (Å²) < 4.78 is 5.23. The summed E-state index contributed by atoms with van der Waals surface area (Å²) >= 11 is 0. The molecule has 0 amide bonds. The number of ether oxygens (including phenoxy) is 1. The molecule has 15 heavy (non-hydrogen) atoms. The molecule has 0 aliphatic rings. The molecule has 0 unspecified atom stereocenters. The van der Waals surface area contributed by atoms with Crippen LogP contribution in [-0.2, 0) is 16.1 Å². The fraction of sp³-hybridized carbons (Fsp3) is 0.462. The van der Waals surface area contributed by atoms with Crippen LogP contribution in [0, 0.1) is 12.3 Å². The Balaban J connectivity index is 2.59. The van der Waals surface area contributed by atoms with E-state index >= 15 is 0 Å². The Kier molecular flexibility index (Phi) is 3.51. The molecule has 0 fully saturated rings.